The highest BCUT2D eigenvalue weighted by atomic mass is 16.2. The van der Waals surface area contributed by atoms with E-state index in [2.05, 4.69) is 11.9 Å². The van der Waals surface area contributed by atoms with E-state index in [1.807, 2.05) is 19.1 Å². The highest BCUT2D eigenvalue weighted by Crippen LogP contribution is 2.10. The maximum atomic E-state index is 11.4. The van der Waals surface area contributed by atoms with Crippen molar-refractivity contribution in [1.82, 2.24) is 10.2 Å². The molecule has 1 N–H and O–H groups in total. The van der Waals surface area contributed by atoms with Gasteiger partial charge in [-0.05, 0) is 19.1 Å². The molecule has 4 heteroatoms. The lowest BCUT2D eigenvalue weighted by molar-refractivity contribution is -0.121. The van der Waals surface area contributed by atoms with Crippen LogP contribution in [0.4, 0.5) is 4.79 Å². The van der Waals surface area contributed by atoms with Crippen molar-refractivity contribution in [3.63, 3.8) is 0 Å². The third kappa shape index (κ3) is 2.80. The van der Waals surface area contributed by atoms with Gasteiger partial charge in [0.05, 0.1) is 0 Å². The number of rotatable bonds is 3. The summed E-state index contributed by atoms with van der Waals surface area (Å²) < 4.78 is 0. The van der Waals surface area contributed by atoms with Crippen LogP contribution in [0, 0.1) is 0 Å². The third-order valence-corrected chi connectivity index (χ3v) is 2.03. The number of carbonyl (C=O) groups excluding carboxylic acids is 2. The Labute approximate surface area is 88.9 Å². The first-order chi connectivity index (χ1) is 7.19. The van der Waals surface area contributed by atoms with Gasteiger partial charge in [0.25, 0.3) is 0 Å². The molecule has 80 valence electrons. The van der Waals surface area contributed by atoms with Crippen LogP contribution >= 0.6 is 0 Å². The number of nitrogens with zero attached hydrogens (tertiary/aromatic N) is 1. The van der Waals surface area contributed by atoms with Gasteiger partial charge >= 0.3 is 6.03 Å². The predicted molar refractivity (Wildman–Crippen MR) is 58.0 cm³/mol. The van der Waals surface area contributed by atoms with E-state index in [1.54, 1.807) is 12.2 Å². The molecule has 1 heterocycles. The zero-order chi connectivity index (χ0) is 11.3. The fourth-order valence-electron chi connectivity index (χ4n) is 1.27. The predicted octanol–water partition coefficient (Wildman–Crippen LogP) is 1.57. The molecule has 0 saturated carbocycles. The zero-order valence-electron chi connectivity index (χ0n) is 8.69. The zero-order valence-corrected chi connectivity index (χ0v) is 8.69. The Morgan fingerprint density at radius 1 is 1.53 bits per heavy atom. The molecule has 0 aromatic rings. The van der Waals surface area contributed by atoms with Crippen molar-refractivity contribution in [1.29, 1.82) is 0 Å². The highest BCUT2D eigenvalue weighted by molar-refractivity contribution is 5.97. The topological polar surface area (TPSA) is 49.4 Å². The molecule has 1 fully saturated rings. The first-order valence-corrected chi connectivity index (χ1v) is 4.75. The fraction of sp³-hybridized carbons (Fsp3) is 0.273. The van der Waals surface area contributed by atoms with Gasteiger partial charge in [0.2, 0.25) is 5.91 Å². The Kier molecular flexibility index (Phi) is 3.85. The molecule has 1 aliphatic rings. The van der Waals surface area contributed by atoms with E-state index in [0.29, 0.717) is 18.7 Å². The standard InChI is InChI=1S/C11H14N2O2/c1-3-5-6-9(4-2)13-8-7-10(14)12-11(13)15/h3-6H,2,7-8H2,1H3,(H,12,14,15)/b5-3-,9-6+. The molecule has 0 aromatic carbocycles. The Hall–Kier alpha value is -1.84. The lowest BCUT2D eigenvalue weighted by atomic mass is 10.2. The van der Waals surface area contributed by atoms with Gasteiger partial charge in [-0.3, -0.25) is 15.0 Å². The minimum atomic E-state index is -0.387. The van der Waals surface area contributed by atoms with Crippen molar-refractivity contribution >= 4 is 11.9 Å². The molecule has 1 aliphatic heterocycles. The monoisotopic (exact) mass is 206 g/mol. The highest BCUT2D eigenvalue weighted by Gasteiger charge is 2.23. The molecule has 0 radical (unpaired) electrons. The average molecular weight is 206 g/mol. The maximum absolute atomic E-state index is 11.4. The molecule has 0 bridgehead atoms. The first kappa shape index (κ1) is 11.2. The van der Waals surface area contributed by atoms with Crippen LogP contribution in [0.1, 0.15) is 13.3 Å². The maximum Gasteiger partial charge on any atom is 0.328 e. The van der Waals surface area contributed by atoms with Gasteiger partial charge in [-0.1, -0.05) is 18.7 Å². The summed E-state index contributed by atoms with van der Waals surface area (Å²) in [6.45, 7) is 5.92. The van der Waals surface area contributed by atoms with Crippen molar-refractivity contribution in [2.75, 3.05) is 6.54 Å². The fourth-order valence-corrected chi connectivity index (χ4v) is 1.27. The largest absolute Gasteiger partial charge is 0.328 e. The lowest BCUT2D eigenvalue weighted by Gasteiger charge is -2.27. The molecule has 1 saturated heterocycles. The van der Waals surface area contributed by atoms with Crippen molar-refractivity contribution in [2.24, 2.45) is 0 Å². The first-order valence-electron chi connectivity index (χ1n) is 4.75. The molecule has 0 unspecified atom stereocenters. The van der Waals surface area contributed by atoms with Crippen molar-refractivity contribution in [3.05, 3.63) is 36.6 Å². The summed E-state index contributed by atoms with van der Waals surface area (Å²) in [4.78, 5) is 23.9. The SMILES string of the molecule is C=C/C(=C\C=C/C)N1CCC(=O)NC1=O. The van der Waals surface area contributed by atoms with Gasteiger partial charge in [-0.25, -0.2) is 4.79 Å². The van der Waals surface area contributed by atoms with Gasteiger partial charge in [0, 0.05) is 18.7 Å². The Bertz CT molecular complexity index is 342. The quantitative estimate of drug-likeness (QED) is 0.712. The summed E-state index contributed by atoms with van der Waals surface area (Å²) in [5.41, 5.74) is 0.693. The molecule has 0 aromatic heterocycles. The van der Waals surface area contributed by atoms with Gasteiger partial charge < -0.3 is 0 Å². The Morgan fingerprint density at radius 3 is 2.80 bits per heavy atom. The molecule has 0 spiro atoms. The molecular formula is C11H14N2O2. The van der Waals surface area contributed by atoms with E-state index in [0.717, 1.165) is 0 Å². The van der Waals surface area contributed by atoms with E-state index in [4.69, 9.17) is 0 Å². The molecule has 4 nitrogen and oxygen atoms in total. The smallest absolute Gasteiger partial charge is 0.294 e. The second-order valence-electron chi connectivity index (χ2n) is 3.08. The second-order valence-corrected chi connectivity index (χ2v) is 3.08. The third-order valence-electron chi connectivity index (χ3n) is 2.03. The number of nitrogens with one attached hydrogen (secondary N) is 1. The minimum Gasteiger partial charge on any atom is -0.294 e. The average Bonchev–Trinajstić information content (AvgIpc) is 2.21. The van der Waals surface area contributed by atoms with Crippen LogP contribution in [0.5, 0.6) is 0 Å². The van der Waals surface area contributed by atoms with Crippen molar-refractivity contribution in [3.8, 4) is 0 Å². The van der Waals surface area contributed by atoms with E-state index >= 15 is 0 Å². The molecule has 0 atom stereocenters. The number of amides is 3. The summed E-state index contributed by atoms with van der Waals surface area (Å²) in [5, 5.41) is 2.26. The number of imide groups is 1. The number of hydrogen-bond donors (Lipinski definition) is 1. The summed E-state index contributed by atoms with van der Waals surface area (Å²) in [7, 11) is 0. The van der Waals surface area contributed by atoms with Gasteiger partial charge in [-0.2, -0.15) is 0 Å². The summed E-state index contributed by atoms with van der Waals surface area (Å²) >= 11 is 0. The van der Waals surface area contributed by atoms with Gasteiger partial charge in [0.1, 0.15) is 0 Å². The molecule has 1 rings (SSSR count). The number of urea groups is 1. The van der Waals surface area contributed by atoms with Crippen molar-refractivity contribution in [2.45, 2.75) is 13.3 Å². The van der Waals surface area contributed by atoms with E-state index in [9.17, 15) is 9.59 Å². The van der Waals surface area contributed by atoms with Crippen LogP contribution in [0.25, 0.3) is 0 Å². The van der Waals surface area contributed by atoms with Crippen LogP contribution in [0.3, 0.4) is 0 Å². The summed E-state index contributed by atoms with van der Waals surface area (Å²) in [5.74, 6) is -0.231. The summed E-state index contributed by atoms with van der Waals surface area (Å²) in [6, 6.07) is -0.387. The van der Waals surface area contributed by atoms with Gasteiger partial charge in [-0.15, -0.1) is 0 Å². The van der Waals surface area contributed by atoms with Crippen LogP contribution in [0.2, 0.25) is 0 Å². The number of hydrogen-bond acceptors (Lipinski definition) is 2. The molecule has 3 amide bonds. The lowest BCUT2D eigenvalue weighted by Crippen LogP contribution is -2.48. The van der Waals surface area contributed by atoms with Crippen LogP contribution < -0.4 is 5.32 Å². The molecule has 0 aliphatic carbocycles. The second kappa shape index (κ2) is 5.14. The molecular weight excluding hydrogens is 192 g/mol. The minimum absolute atomic E-state index is 0.231. The van der Waals surface area contributed by atoms with Crippen molar-refractivity contribution < 1.29 is 9.59 Å². The number of carbonyl (C=O) groups is 2. The van der Waals surface area contributed by atoms with E-state index in [1.165, 1.54) is 4.90 Å². The van der Waals surface area contributed by atoms with Crippen LogP contribution in [-0.4, -0.2) is 23.4 Å². The van der Waals surface area contributed by atoms with E-state index in [-0.39, 0.29) is 11.9 Å². The van der Waals surface area contributed by atoms with E-state index < -0.39 is 0 Å². The Morgan fingerprint density at radius 2 is 2.27 bits per heavy atom. The van der Waals surface area contributed by atoms with Crippen LogP contribution in [-0.2, 0) is 4.79 Å². The van der Waals surface area contributed by atoms with Crippen LogP contribution in [0.15, 0.2) is 36.6 Å². The summed E-state index contributed by atoms with van der Waals surface area (Å²) in [6.07, 6.45) is 7.38. The molecule has 15 heavy (non-hydrogen) atoms. The Balaban J connectivity index is 2.81. The normalized spacial score (nSPS) is 18.2. The van der Waals surface area contributed by atoms with Gasteiger partial charge in [0.15, 0.2) is 0 Å². The number of allylic oxidation sites excluding steroid dienone is 4.